The van der Waals surface area contributed by atoms with Crippen LogP contribution in [0.5, 0.6) is 0 Å². The Labute approximate surface area is 110 Å². The number of ketones is 1. The van der Waals surface area contributed by atoms with Crippen LogP contribution >= 0.6 is 11.3 Å². The quantitative estimate of drug-likeness (QED) is 0.847. The summed E-state index contributed by atoms with van der Waals surface area (Å²) in [5.74, 6) is -1.03. The van der Waals surface area contributed by atoms with Gasteiger partial charge >= 0.3 is 5.97 Å². The SMILES string of the molecule is CCc1ccc(C(=O)C2=C(C(=O)O)CCCC2)s1. The first-order valence-corrected chi connectivity index (χ1v) is 7.04. The summed E-state index contributed by atoms with van der Waals surface area (Å²) in [4.78, 5) is 25.3. The molecule has 3 nitrogen and oxygen atoms in total. The molecule has 1 aliphatic carbocycles. The molecular weight excluding hydrogens is 248 g/mol. The number of aryl methyl sites for hydroxylation is 1. The predicted octanol–water partition coefficient (Wildman–Crippen LogP) is 3.45. The molecule has 0 saturated carbocycles. The highest BCUT2D eigenvalue weighted by Gasteiger charge is 2.24. The maximum Gasteiger partial charge on any atom is 0.331 e. The van der Waals surface area contributed by atoms with Gasteiger partial charge in [0, 0.05) is 16.0 Å². The molecular formula is C14H16O3S. The van der Waals surface area contributed by atoms with Crippen molar-refractivity contribution >= 4 is 23.1 Å². The van der Waals surface area contributed by atoms with Gasteiger partial charge in [0.2, 0.25) is 0 Å². The van der Waals surface area contributed by atoms with Gasteiger partial charge < -0.3 is 5.11 Å². The van der Waals surface area contributed by atoms with Crippen molar-refractivity contribution < 1.29 is 14.7 Å². The molecule has 0 aromatic carbocycles. The largest absolute Gasteiger partial charge is 0.478 e. The molecule has 4 heteroatoms. The molecule has 0 fully saturated rings. The number of carboxylic acids is 1. The fourth-order valence-corrected chi connectivity index (χ4v) is 3.15. The van der Waals surface area contributed by atoms with Crippen LogP contribution in [0.3, 0.4) is 0 Å². The number of allylic oxidation sites excluding steroid dienone is 1. The van der Waals surface area contributed by atoms with Gasteiger partial charge in [0.25, 0.3) is 0 Å². The van der Waals surface area contributed by atoms with Crippen molar-refractivity contribution in [2.24, 2.45) is 0 Å². The molecule has 1 aliphatic rings. The van der Waals surface area contributed by atoms with Crippen molar-refractivity contribution in [3.63, 3.8) is 0 Å². The Kier molecular flexibility index (Phi) is 3.97. The smallest absolute Gasteiger partial charge is 0.331 e. The van der Waals surface area contributed by atoms with E-state index in [9.17, 15) is 9.59 Å². The lowest BCUT2D eigenvalue weighted by molar-refractivity contribution is -0.133. The van der Waals surface area contributed by atoms with Crippen LogP contribution in [-0.2, 0) is 11.2 Å². The Hall–Kier alpha value is -1.42. The number of thiophene rings is 1. The molecule has 1 aromatic rings. The van der Waals surface area contributed by atoms with E-state index in [0.29, 0.717) is 28.9 Å². The Balaban J connectivity index is 2.34. The van der Waals surface area contributed by atoms with E-state index in [-0.39, 0.29) is 5.78 Å². The van der Waals surface area contributed by atoms with E-state index in [1.165, 1.54) is 11.3 Å². The van der Waals surface area contributed by atoms with Gasteiger partial charge in [-0.3, -0.25) is 4.79 Å². The van der Waals surface area contributed by atoms with Crippen molar-refractivity contribution in [2.45, 2.75) is 39.0 Å². The molecule has 18 heavy (non-hydrogen) atoms. The minimum atomic E-state index is -0.940. The molecule has 1 N–H and O–H groups in total. The van der Waals surface area contributed by atoms with Gasteiger partial charge in [-0.25, -0.2) is 4.79 Å². The zero-order valence-corrected chi connectivity index (χ0v) is 11.2. The van der Waals surface area contributed by atoms with E-state index >= 15 is 0 Å². The third-order valence-corrected chi connectivity index (χ3v) is 4.46. The molecule has 0 aliphatic heterocycles. The van der Waals surface area contributed by atoms with Crippen LogP contribution in [0.25, 0.3) is 0 Å². The maximum atomic E-state index is 12.3. The van der Waals surface area contributed by atoms with E-state index in [0.717, 1.165) is 24.1 Å². The van der Waals surface area contributed by atoms with E-state index in [1.54, 1.807) is 0 Å². The lowest BCUT2D eigenvalue weighted by Gasteiger charge is -2.15. The van der Waals surface area contributed by atoms with Gasteiger partial charge in [0.1, 0.15) is 0 Å². The fraction of sp³-hybridized carbons (Fsp3) is 0.429. The van der Waals surface area contributed by atoms with Gasteiger partial charge in [-0.2, -0.15) is 0 Å². The third-order valence-electron chi connectivity index (χ3n) is 3.23. The molecule has 0 bridgehead atoms. The fourth-order valence-electron chi connectivity index (χ4n) is 2.23. The zero-order valence-electron chi connectivity index (χ0n) is 10.4. The van der Waals surface area contributed by atoms with Crippen molar-refractivity contribution in [3.05, 3.63) is 33.0 Å². The molecule has 0 atom stereocenters. The number of carboxylic acid groups (broad SMARTS) is 1. The second-order valence-electron chi connectivity index (χ2n) is 4.42. The topological polar surface area (TPSA) is 54.4 Å². The van der Waals surface area contributed by atoms with Crippen LogP contribution in [0.15, 0.2) is 23.3 Å². The monoisotopic (exact) mass is 264 g/mol. The number of rotatable bonds is 4. The van der Waals surface area contributed by atoms with E-state index in [1.807, 2.05) is 19.1 Å². The minimum Gasteiger partial charge on any atom is -0.478 e. The van der Waals surface area contributed by atoms with Crippen LogP contribution < -0.4 is 0 Å². The molecule has 0 radical (unpaired) electrons. The number of carbonyl (C=O) groups is 2. The summed E-state index contributed by atoms with van der Waals surface area (Å²) in [7, 11) is 0. The summed E-state index contributed by atoms with van der Waals surface area (Å²) in [5.41, 5.74) is 0.830. The van der Waals surface area contributed by atoms with Crippen molar-refractivity contribution in [1.29, 1.82) is 0 Å². The number of aliphatic carboxylic acids is 1. The van der Waals surface area contributed by atoms with Crippen LogP contribution in [0.1, 0.15) is 47.2 Å². The summed E-state index contributed by atoms with van der Waals surface area (Å²) in [5, 5.41) is 9.15. The molecule has 0 amide bonds. The second-order valence-corrected chi connectivity index (χ2v) is 5.59. The zero-order chi connectivity index (χ0) is 13.1. The summed E-state index contributed by atoms with van der Waals surface area (Å²) in [6.07, 6.45) is 3.79. The number of Topliss-reactive ketones (excluding diaryl/α,β-unsaturated/α-hetero) is 1. The number of hydrogen-bond donors (Lipinski definition) is 1. The lowest BCUT2D eigenvalue weighted by atomic mass is 9.89. The maximum absolute atomic E-state index is 12.3. The van der Waals surface area contributed by atoms with E-state index < -0.39 is 5.97 Å². The van der Waals surface area contributed by atoms with Gasteiger partial charge in [0.05, 0.1) is 4.88 Å². The van der Waals surface area contributed by atoms with Gasteiger partial charge in [-0.05, 0) is 44.2 Å². The summed E-state index contributed by atoms with van der Waals surface area (Å²) in [6.45, 7) is 2.04. The molecule has 0 saturated heterocycles. The summed E-state index contributed by atoms with van der Waals surface area (Å²) in [6, 6.07) is 3.76. The number of carbonyl (C=O) groups excluding carboxylic acids is 1. The number of hydrogen-bond acceptors (Lipinski definition) is 3. The molecule has 96 valence electrons. The summed E-state index contributed by atoms with van der Waals surface area (Å²) >= 11 is 1.47. The van der Waals surface area contributed by atoms with Crippen molar-refractivity contribution in [1.82, 2.24) is 0 Å². The first kappa shape index (κ1) is 13.0. The first-order chi connectivity index (χ1) is 8.63. The first-order valence-electron chi connectivity index (χ1n) is 6.22. The Morgan fingerprint density at radius 2 is 1.89 bits per heavy atom. The normalized spacial score (nSPS) is 15.8. The summed E-state index contributed by atoms with van der Waals surface area (Å²) < 4.78 is 0. The van der Waals surface area contributed by atoms with Crippen LogP contribution in [0.2, 0.25) is 0 Å². The average Bonchev–Trinajstić information content (AvgIpc) is 2.86. The van der Waals surface area contributed by atoms with Gasteiger partial charge in [-0.1, -0.05) is 6.92 Å². The van der Waals surface area contributed by atoms with Crippen LogP contribution in [0, 0.1) is 0 Å². The van der Waals surface area contributed by atoms with Gasteiger partial charge in [-0.15, -0.1) is 11.3 Å². The standard InChI is InChI=1S/C14H16O3S/c1-2-9-7-8-12(18-9)13(15)10-5-3-4-6-11(10)14(16)17/h7-8H,2-6H2,1H3,(H,16,17). The van der Waals surface area contributed by atoms with Gasteiger partial charge in [0.15, 0.2) is 5.78 Å². The van der Waals surface area contributed by atoms with E-state index in [4.69, 9.17) is 5.11 Å². The molecule has 0 unspecified atom stereocenters. The Bertz CT molecular complexity index is 511. The highest BCUT2D eigenvalue weighted by molar-refractivity contribution is 7.14. The Morgan fingerprint density at radius 1 is 1.22 bits per heavy atom. The van der Waals surface area contributed by atoms with Crippen LogP contribution in [0.4, 0.5) is 0 Å². The van der Waals surface area contributed by atoms with Crippen molar-refractivity contribution in [3.8, 4) is 0 Å². The second kappa shape index (κ2) is 5.48. The molecule has 2 rings (SSSR count). The predicted molar refractivity (Wildman–Crippen MR) is 71.2 cm³/mol. The molecule has 1 aromatic heterocycles. The van der Waals surface area contributed by atoms with Crippen molar-refractivity contribution in [2.75, 3.05) is 0 Å². The Morgan fingerprint density at radius 3 is 2.44 bits per heavy atom. The van der Waals surface area contributed by atoms with Crippen LogP contribution in [-0.4, -0.2) is 16.9 Å². The van der Waals surface area contributed by atoms with E-state index in [2.05, 4.69) is 0 Å². The highest BCUT2D eigenvalue weighted by atomic mass is 32.1. The minimum absolute atomic E-state index is 0.0863. The molecule has 1 heterocycles. The molecule has 0 spiro atoms. The highest BCUT2D eigenvalue weighted by Crippen LogP contribution is 2.29. The lowest BCUT2D eigenvalue weighted by Crippen LogP contribution is -2.15. The average molecular weight is 264 g/mol. The third kappa shape index (κ3) is 2.53.